The first-order valence-electron chi connectivity index (χ1n) is 5.05. The second-order valence-corrected chi connectivity index (χ2v) is 3.71. The third-order valence-corrected chi connectivity index (χ3v) is 2.56. The number of aromatic nitrogens is 2. The van der Waals surface area contributed by atoms with Crippen molar-refractivity contribution in [1.29, 1.82) is 0 Å². The molecule has 0 aromatic carbocycles. The zero-order valence-electron chi connectivity index (χ0n) is 8.58. The van der Waals surface area contributed by atoms with Gasteiger partial charge in [-0.15, -0.1) is 0 Å². The monoisotopic (exact) mass is 193 g/mol. The largest absolute Gasteiger partial charge is 0.349 e. The normalized spacial score (nSPS) is 15.6. The van der Waals surface area contributed by atoms with Gasteiger partial charge in [-0.05, 0) is 26.7 Å². The summed E-state index contributed by atoms with van der Waals surface area (Å²) >= 11 is 0. The van der Waals surface area contributed by atoms with E-state index < -0.39 is 0 Å². The van der Waals surface area contributed by atoms with Crippen molar-refractivity contribution in [2.24, 2.45) is 0 Å². The fourth-order valence-corrected chi connectivity index (χ4v) is 1.48. The van der Waals surface area contributed by atoms with Gasteiger partial charge in [0.05, 0.1) is 11.8 Å². The molecule has 4 nitrogen and oxygen atoms in total. The molecule has 0 saturated heterocycles. The third kappa shape index (κ3) is 1.64. The van der Waals surface area contributed by atoms with Gasteiger partial charge in [0.25, 0.3) is 5.91 Å². The van der Waals surface area contributed by atoms with E-state index in [0.29, 0.717) is 11.6 Å². The first kappa shape index (κ1) is 9.24. The molecule has 76 valence electrons. The smallest absolute Gasteiger partial charge is 0.254 e. The molecule has 1 aromatic rings. The molecule has 0 bridgehead atoms. The van der Waals surface area contributed by atoms with Crippen LogP contribution in [0.2, 0.25) is 0 Å². The molecule has 0 atom stereocenters. The minimum atomic E-state index is 0.0182. The van der Waals surface area contributed by atoms with Crippen molar-refractivity contribution in [3.8, 4) is 0 Å². The number of hydrogen-bond acceptors (Lipinski definition) is 2. The van der Waals surface area contributed by atoms with Gasteiger partial charge in [-0.1, -0.05) is 0 Å². The second-order valence-electron chi connectivity index (χ2n) is 3.71. The van der Waals surface area contributed by atoms with Gasteiger partial charge in [0.1, 0.15) is 0 Å². The molecule has 14 heavy (non-hydrogen) atoms. The predicted octanol–water partition coefficient (Wildman–Crippen LogP) is 1.10. The quantitative estimate of drug-likeness (QED) is 0.781. The number of aryl methyl sites for hydroxylation is 1. The topological polar surface area (TPSA) is 46.9 Å². The maximum absolute atomic E-state index is 11.7. The maximum Gasteiger partial charge on any atom is 0.254 e. The Hall–Kier alpha value is -1.32. The van der Waals surface area contributed by atoms with Gasteiger partial charge in [-0.3, -0.25) is 9.48 Å². The van der Waals surface area contributed by atoms with Crippen LogP contribution >= 0.6 is 0 Å². The molecule has 4 heteroatoms. The van der Waals surface area contributed by atoms with Gasteiger partial charge in [0.2, 0.25) is 0 Å². The number of nitrogens with one attached hydrogen (secondary N) is 1. The van der Waals surface area contributed by atoms with E-state index in [1.807, 2.05) is 18.5 Å². The van der Waals surface area contributed by atoms with Crippen LogP contribution in [0.5, 0.6) is 0 Å². The predicted molar refractivity (Wildman–Crippen MR) is 53.1 cm³/mol. The summed E-state index contributed by atoms with van der Waals surface area (Å²) in [5, 5.41) is 7.09. The van der Waals surface area contributed by atoms with E-state index in [1.54, 1.807) is 6.20 Å². The average molecular weight is 193 g/mol. The van der Waals surface area contributed by atoms with E-state index in [2.05, 4.69) is 10.4 Å². The molecular formula is C10H15N3O. The lowest BCUT2D eigenvalue weighted by molar-refractivity contribution is 0.0950. The minimum absolute atomic E-state index is 0.0182. The number of carbonyl (C=O) groups is 1. The molecule has 1 amide bonds. The van der Waals surface area contributed by atoms with Gasteiger partial charge in [-0.2, -0.15) is 5.10 Å². The van der Waals surface area contributed by atoms with E-state index in [9.17, 15) is 4.79 Å². The standard InChI is InChI=1S/C10H15N3O/c1-3-13-7(2)9(6-11-13)10(14)12-8-4-5-8/h6,8H,3-5H2,1-2H3,(H,12,14). The molecule has 2 rings (SSSR count). The Morgan fingerprint density at radius 3 is 2.93 bits per heavy atom. The van der Waals surface area contributed by atoms with Crippen molar-refractivity contribution < 1.29 is 4.79 Å². The molecule has 1 aliphatic rings. The Labute approximate surface area is 83.3 Å². The molecule has 1 aromatic heterocycles. The Balaban J connectivity index is 2.13. The second kappa shape index (κ2) is 3.44. The molecule has 1 N–H and O–H groups in total. The van der Waals surface area contributed by atoms with Crippen molar-refractivity contribution in [1.82, 2.24) is 15.1 Å². The number of carbonyl (C=O) groups excluding carboxylic acids is 1. The summed E-state index contributed by atoms with van der Waals surface area (Å²) in [6, 6.07) is 0.409. The molecule has 0 spiro atoms. The number of amides is 1. The Kier molecular flexibility index (Phi) is 2.27. The summed E-state index contributed by atoms with van der Waals surface area (Å²) < 4.78 is 1.84. The van der Waals surface area contributed by atoms with E-state index >= 15 is 0 Å². The number of rotatable bonds is 3. The zero-order valence-corrected chi connectivity index (χ0v) is 8.58. The molecule has 1 saturated carbocycles. The summed E-state index contributed by atoms with van der Waals surface area (Å²) in [7, 11) is 0. The van der Waals surface area contributed by atoms with E-state index in [-0.39, 0.29) is 5.91 Å². The molecule has 0 radical (unpaired) electrons. The molecule has 0 unspecified atom stereocenters. The van der Waals surface area contributed by atoms with E-state index in [0.717, 1.165) is 25.1 Å². The van der Waals surface area contributed by atoms with Gasteiger partial charge in [0, 0.05) is 18.3 Å². The summed E-state index contributed by atoms with van der Waals surface area (Å²) in [4.78, 5) is 11.7. The summed E-state index contributed by atoms with van der Waals surface area (Å²) in [6.45, 7) is 4.75. The van der Waals surface area contributed by atoms with Gasteiger partial charge >= 0.3 is 0 Å². The van der Waals surface area contributed by atoms with Crippen LogP contribution in [0, 0.1) is 6.92 Å². The average Bonchev–Trinajstić information content (AvgIpc) is 2.88. The van der Waals surface area contributed by atoms with Crippen LogP contribution in [0.25, 0.3) is 0 Å². The summed E-state index contributed by atoms with van der Waals surface area (Å²) in [5.41, 5.74) is 1.66. The highest BCUT2D eigenvalue weighted by atomic mass is 16.1. The lowest BCUT2D eigenvalue weighted by Gasteiger charge is -2.03. The maximum atomic E-state index is 11.7. The first-order valence-corrected chi connectivity index (χ1v) is 5.05. The van der Waals surface area contributed by atoms with Crippen LogP contribution in [-0.2, 0) is 6.54 Å². The van der Waals surface area contributed by atoms with Gasteiger partial charge in [-0.25, -0.2) is 0 Å². The minimum Gasteiger partial charge on any atom is -0.349 e. The van der Waals surface area contributed by atoms with Crippen LogP contribution in [0.4, 0.5) is 0 Å². The Morgan fingerprint density at radius 2 is 2.43 bits per heavy atom. The van der Waals surface area contributed by atoms with Crippen LogP contribution in [-0.4, -0.2) is 21.7 Å². The molecule has 0 aliphatic heterocycles. The Bertz CT molecular complexity index is 352. The molecule has 1 heterocycles. The van der Waals surface area contributed by atoms with Crippen molar-refractivity contribution in [2.45, 2.75) is 39.3 Å². The lowest BCUT2D eigenvalue weighted by Crippen LogP contribution is -2.25. The molecule has 1 fully saturated rings. The highest BCUT2D eigenvalue weighted by Gasteiger charge is 2.25. The highest BCUT2D eigenvalue weighted by molar-refractivity contribution is 5.95. The number of nitrogens with zero attached hydrogens (tertiary/aromatic N) is 2. The number of hydrogen-bond donors (Lipinski definition) is 1. The van der Waals surface area contributed by atoms with Crippen LogP contribution < -0.4 is 5.32 Å². The van der Waals surface area contributed by atoms with Crippen molar-refractivity contribution in [2.75, 3.05) is 0 Å². The van der Waals surface area contributed by atoms with Gasteiger partial charge < -0.3 is 5.32 Å². The Morgan fingerprint density at radius 1 is 1.71 bits per heavy atom. The van der Waals surface area contributed by atoms with E-state index in [4.69, 9.17) is 0 Å². The fourth-order valence-electron chi connectivity index (χ4n) is 1.48. The molecular weight excluding hydrogens is 178 g/mol. The van der Waals surface area contributed by atoms with Crippen molar-refractivity contribution in [3.63, 3.8) is 0 Å². The van der Waals surface area contributed by atoms with Crippen molar-refractivity contribution in [3.05, 3.63) is 17.5 Å². The van der Waals surface area contributed by atoms with Crippen LogP contribution in [0.1, 0.15) is 35.8 Å². The lowest BCUT2D eigenvalue weighted by atomic mass is 10.2. The first-order chi connectivity index (χ1) is 6.72. The van der Waals surface area contributed by atoms with Gasteiger partial charge in [0.15, 0.2) is 0 Å². The third-order valence-electron chi connectivity index (χ3n) is 2.56. The molecule has 1 aliphatic carbocycles. The van der Waals surface area contributed by atoms with E-state index in [1.165, 1.54) is 0 Å². The van der Waals surface area contributed by atoms with Crippen LogP contribution in [0.15, 0.2) is 6.20 Å². The van der Waals surface area contributed by atoms with Crippen LogP contribution in [0.3, 0.4) is 0 Å². The highest BCUT2D eigenvalue weighted by Crippen LogP contribution is 2.19. The van der Waals surface area contributed by atoms with Crippen molar-refractivity contribution >= 4 is 5.91 Å². The summed E-state index contributed by atoms with van der Waals surface area (Å²) in [6.07, 6.45) is 3.88. The fraction of sp³-hybridized carbons (Fsp3) is 0.600. The SMILES string of the molecule is CCn1ncc(C(=O)NC2CC2)c1C. The summed E-state index contributed by atoms with van der Waals surface area (Å²) in [5.74, 6) is 0.0182. The zero-order chi connectivity index (χ0) is 10.1.